The van der Waals surface area contributed by atoms with Crippen LogP contribution in [0.3, 0.4) is 0 Å². The third-order valence-corrected chi connectivity index (χ3v) is 4.56. The van der Waals surface area contributed by atoms with Gasteiger partial charge in [0.2, 0.25) is 11.7 Å². The van der Waals surface area contributed by atoms with E-state index >= 15 is 0 Å². The Morgan fingerprint density at radius 3 is 2.50 bits per heavy atom. The van der Waals surface area contributed by atoms with Crippen molar-refractivity contribution in [1.29, 1.82) is 0 Å². The second-order valence-corrected chi connectivity index (χ2v) is 8.80. The van der Waals surface area contributed by atoms with Crippen molar-refractivity contribution in [3.8, 4) is 11.4 Å². The summed E-state index contributed by atoms with van der Waals surface area (Å²) in [6, 6.07) is 4.40. The summed E-state index contributed by atoms with van der Waals surface area (Å²) >= 11 is 3.39. The molecule has 0 saturated heterocycles. The van der Waals surface area contributed by atoms with Gasteiger partial charge in [-0.05, 0) is 56.5 Å². The highest BCUT2D eigenvalue weighted by Crippen LogP contribution is 2.30. The van der Waals surface area contributed by atoms with Gasteiger partial charge in [-0.1, -0.05) is 29.8 Å². The van der Waals surface area contributed by atoms with Crippen LogP contribution in [0.2, 0.25) is 0 Å². The Morgan fingerprint density at radius 1 is 1.32 bits per heavy atom. The first-order valence-electron chi connectivity index (χ1n) is 8.87. The Kier molecular flexibility index (Phi) is 6.76. The van der Waals surface area contributed by atoms with Crippen molar-refractivity contribution in [2.24, 2.45) is 5.92 Å². The molecule has 9 nitrogen and oxygen atoms in total. The van der Waals surface area contributed by atoms with Crippen LogP contribution in [0.4, 0.5) is 10.5 Å². The number of hydrogen-bond acceptors (Lipinski definition) is 5. The molecule has 2 rings (SSSR count). The third kappa shape index (κ3) is 5.28. The van der Waals surface area contributed by atoms with Crippen LogP contribution in [0.15, 0.2) is 22.7 Å². The SMILES string of the molecule is CC(C)C[C@H](C(=O)Nc1ccc(Br)cc1-c1nn[nH]n1)N(C(=O)O)C(C)(C)C. The summed E-state index contributed by atoms with van der Waals surface area (Å²) in [6.07, 6.45) is -0.744. The van der Waals surface area contributed by atoms with Gasteiger partial charge in [0.15, 0.2) is 0 Å². The summed E-state index contributed by atoms with van der Waals surface area (Å²) in [5.74, 6) is 0.0440. The number of halogens is 1. The van der Waals surface area contributed by atoms with Gasteiger partial charge in [0.05, 0.1) is 5.69 Å². The molecule has 152 valence electrons. The highest BCUT2D eigenvalue weighted by molar-refractivity contribution is 9.10. The lowest BCUT2D eigenvalue weighted by atomic mass is 9.96. The van der Waals surface area contributed by atoms with Gasteiger partial charge in [0.1, 0.15) is 6.04 Å². The molecule has 0 fully saturated rings. The molecule has 3 N–H and O–H groups in total. The van der Waals surface area contributed by atoms with E-state index < -0.39 is 23.6 Å². The molecule has 1 aromatic carbocycles. The maximum atomic E-state index is 13.2. The molecule has 0 saturated carbocycles. The summed E-state index contributed by atoms with van der Waals surface area (Å²) in [6.45, 7) is 9.21. The molecule has 0 bridgehead atoms. The monoisotopic (exact) mass is 452 g/mol. The molecule has 1 aromatic heterocycles. The largest absolute Gasteiger partial charge is 0.465 e. The molecule has 1 atom stereocenters. The number of hydrogen-bond donors (Lipinski definition) is 3. The maximum Gasteiger partial charge on any atom is 0.408 e. The lowest BCUT2D eigenvalue weighted by Crippen LogP contribution is -2.56. The van der Waals surface area contributed by atoms with Crippen molar-refractivity contribution in [1.82, 2.24) is 25.5 Å². The minimum absolute atomic E-state index is 0.126. The summed E-state index contributed by atoms with van der Waals surface area (Å²) < 4.78 is 0.783. The number of amides is 2. The van der Waals surface area contributed by atoms with Crippen LogP contribution >= 0.6 is 15.9 Å². The van der Waals surface area contributed by atoms with E-state index in [1.165, 1.54) is 4.90 Å². The Labute approximate surface area is 172 Å². The first-order chi connectivity index (χ1) is 13.0. The van der Waals surface area contributed by atoms with E-state index in [-0.39, 0.29) is 5.92 Å². The molecule has 10 heteroatoms. The van der Waals surface area contributed by atoms with E-state index in [4.69, 9.17) is 0 Å². The van der Waals surface area contributed by atoms with Crippen molar-refractivity contribution in [3.63, 3.8) is 0 Å². The number of anilines is 1. The standard InChI is InChI=1S/C18H25BrN6O3/c1-10(2)8-14(25(17(27)28)18(3,4)5)16(26)20-13-7-6-11(19)9-12(13)15-21-23-24-22-15/h6-7,9-10,14H,8H2,1-5H3,(H,20,26)(H,27,28)(H,21,22,23,24)/t14-/m1/s1. The molecule has 0 aliphatic rings. The van der Waals surface area contributed by atoms with Gasteiger partial charge in [-0.2, -0.15) is 5.21 Å². The van der Waals surface area contributed by atoms with Gasteiger partial charge >= 0.3 is 6.09 Å². The zero-order chi connectivity index (χ0) is 21.1. The molecule has 2 aromatic rings. The molecule has 0 spiro atoms. The predicted octanol–water partition coefficient (Wildman–Crippen LogP) is 3.76. The quantitative estimate of drug-likeness (QED) is 0.612. The number of rotatable bonds is 6. The Morgan fingerprint density at radius 2 is 2.00 bits per heavy atom. The van der Waals surface area contributed by atoms with Gasteiger partial charge in [-0.15, -0.1) is 10.2 Å². The lowest BCUT2D eigenvalue weighted by molar-refractivity contribution is -0.123. The maximum absolute atomic E-state index is 13.2. The predicted molar refractivity (Wildman–Crippen MR) is 109 cm³/mol. The smallest absolute Gasteiger partial charge is 0.408 e. The van der Waals surface area contributed by atoms with Gasteiger partial charge in [0.25, 0.3) is 0 Å². The number of benzene rings is 1. The number of nitrogens with zero attached hydrogens (tertiary/aromatic N) is 4. The Hall–Kier alpha value is -2.49. The Balaban J connectivity index is 2.40. The fourth-order valence-corrected chi connectivity index (χ4v) is 3.33. The van der Waals surface area contributed by atoms with Crippen molar-refractivity contribution >= 4 is 33.6 Å². The zero-order valence-electron chi connectivity index (χ0n) is 16.5. The van der Waals surface area contributed by atoms with Gasteiger partial charge in [-0.25, -0.2) is 4.79 Å². The molecule has 28 heavy (non-hydrogen) atoms. The first-order valence-corrected chi connectivity index (χ1v) is 9.66. The highest BCUT2D eigenvalue weighted by atomic mass is 79.9. The highest BCUT2D eigenvalue weighted by Gasteiger charge is 2.38. The van der Waals surface area contributed by atoms with E-state index in [1.54, 1.807) is 39.0 Å². The van der Waals surface area contributed by atoms with Crippen molar-refractivity contribution in [2.75, 3.05) is 5.32 Å². The van der Waals surface area contributed by atoms with Crippen molar-refractivity contribution in [2.45, 2.75) is 52.6 Å². The van der Waals surface area contributed by atoms with Gasteiger partial charge < -0.3 is 10.4 Å². The van der Waals surface area contributed by atoms with Gasteiger partial charge in [0, 0.05) is 15.6 Å². The van der Waals surface area contributed by atoms with Crippen LogP contribution in [0, 0.1) is 5.92 Å². The number of tetrazole rings is 1. The van der Waals surface area contributed by atoms with E-state index in [1.807, 2.05) is 13.8 Å². The van der Waals surface area contributed by atoms with E-state index in [2.05, 4.69) is 41.9 Å². The molecule has 0 aliphatic heterocycles. The lowest BCUT2D eigenvalue weighted by Gasteiger charge is -2.39. The van der Waals surface area contributed by atoms with Gasteiger partial charge in [-0.3, -0.25) is 9.69 Å². The zero-order valence-corrected chi connectivity index (χ0v) is 18.1. The number of carbonyl (C=O) groups excluding carboxylic acids is 1. The number of H-pyrrole nitrogens is 1. The topological polar surface area (TPSA) is 124 Å². The van der Waals surface area contributed by atoms with E-state index in [0.29, 0.717) is 23.5 Å². The van der Waals surface area contributed by atoms with Crippen LogP contribution in [-0.2, 0) is 4.79 Å². The fourth-order valence-electron chi connectivity index (χ4n) is 2.97. The fraction of sp³-hybridized carbons (Fsp3) is 0.500. The molecule has 2 amide bonds. The molecule has 1 heterocycles. The average Bonchev–Trinajstić information content (AvgIpc) is 3.08. The van der Waals surface area contributed by atoms with Crippen LogP contribution in [0.1, 0.15) is 41.0 Å². The van der Waals surface area contributed by atoms with E-state index in [0.717, 1.165) is 4.47 Å². The summed E-state index contributed by atoms with van der Waals surface area (Å²) in [4.78, 5) is 26.3. The Bertz CT molecular complexity index is 832. The van der Waals surface area contributed by atoms with E-state index in [9.17, 15) is 14.7 Å². The number of carbonyl (C=O) groups is 2. The second-order valence-electron chi connectivity index (χ2n) is 7.88. The number of aromatic amines is 1. The second kappa shape index (κ2) is 8.68. The third-order valence-electron chi connectivity index (χ3n) is 4.06. The van der Waals surface area contributed by atoms with Crippen LogP contribution in [0.5, 0.6) is 0 Å². The van der Waals surface area contributed by atoms with Crippen LogP contribution in [0.25, 0.3) is 11.4 Å². The normalized spacial score (nSPS) is 12.7. The minimum atomic E-state index is -1.14. The number of aromatic nitrogens is 4. The molecular weight excluding hydrogens is 428 g/mol. The number of carboxylic acid groups (broad SMARTS) is 1. The minimum Gasteiger partial charge on any atom is -0.465 e. The average molecular weight is 453 g/mol. The molecule has 0 unspecified atom stereocenters. The van der Waals surface area contributed by atoms with Crippen molar-refractivity contribution in [3.05, 3.63) is 22.7 Å². The molecular formula is C18H25BrN6O3. The van der Waals surface area contributed by atoms with Crippen LogP contribution in [-0.4, -0.2) is 54.2 Å². The van der Waals surface area contributed by atoms with Crippen molar-refractivity contribution < 1.29 is 14.7 Å². The first kappa shape index (κ1) is 21.8. The molecule has 0 radical (unpaired) electrons. The summed E-state index contributed by atoms with van der Waals surface area (Å²) in [7, 11) is 0. The summed E-state index contributed by atoms with van der Waals surface area (Å²) in [5.41, 5.74) is 0.305. The summed E-state index contributed by atoms with van der Waals surface area (Å²) in [5, 5.41) is 26.5. The van der Waals surface area contributed by atoms with Crippen LogP contribution < -0.4 is 5.32 Å². The molecule has 0 aliphatic carbocycles. The number of nitrogens with one attached hydrogen (secondary N) is 2.